The molecule has 0 aliphatic heterocycles. The summed E-state index contributed by atoms with van der Waals surface area (Å²) in [4.78, 5) is 33.6. The summed E-state index contributed by atoms with van der Waals surface area (Å²) in [5, 5.41) is 3.55. The summed E-state index contributed by atoms with van der Waals surface area (Å²) >= 11 is 6.10. The van der Waals surface area contributed by atoms with Gasteiger partial charge in [0.2, 0.25) is 0 Å². The van der Waals surface area contributed by atoms with E-state index in [0.29, 0.717) is 22.3 Å². The summed E-state index contributed by atoms with van der Waals surface area (Å²) in [5.41, 5.74) is 2.33. The lowest BCUT2D eigenvalue weighted by molar-refractivity contribution is -0.152. The molecule has 10 heteroatoms. The topological polar surface area (TPSA) is 106 Å². The van der Waals surface area contributed by atoms with Crippen LogP contribution in [0.2, 0.25) is 5.15 Å². The van der Waals surface area contributed by atoms with Gasteiger partial charge in [-0.3, -0.25) is 4.79 Å². The van der Waals surface area contributed by atoms with Crippen LogP contribution in [-0.4, -0.2) is 44.0 Å². The highest BCUT2D eigenvalue weighted by molar-refractivity contribution is 6.29. The standard InChI is InChI=1S/C26H24ClFN6O2/c1-36-26(35)18-13-7-9-15(10-8-13)20(18)32-24-19(28)21(14-5-3-2-4-6-14)33-23(34-24)16-11-29-25-22(16)31-17(27)12-30-25/h2-6,11-13,15,18,20H,7-10H2,1H3,(H,29,30)(H,32,33,34). The minimum atomic E-state index is -0.570. The Balaban J connectivity index is 1.49. The third kappa shape index (κ3) is 3.87. The van der Waals surface area contributed by atoms with Crippen molar-refractivity contribution in [3.05, 3.63) is 53.7 Å². The number of hydrogen-bond donors (Lipinski definition) is 2. The van der Waals surface area contributed by atoms with Gasteiger partial charge >= 0.3 is 5.97 Å². The van der Waals surface area contributed by atoms with Gasteiger partial charge in [0.05, 0.1) is 24.8 Å². The van der Waals surface area contributed by atoms with Gasteiger partial charge in [-0.05, 0) is 37.5 Å². The SMILES string of the molecule is COC(=O)C1C2CCC(CC2)C1Nc1nc(-c2c[nH]c3ncc(Cl)nc23)nc(-c2ccccc2)c1F. The molecule has 184 valence electrons. The number of carbonyl (C=O) groups is 1. The fourth-order valence-corrected chi connectivity index (χ4v) is 5.91. The molecule has 3 heterocycles. The van der Waals surface area contributed by atoms with Crippen LogP contribution in [0.15, 0.2) is 42.7 Å². The first-order valence-electron chi connectivity index (χ1n) is 12.0. The van der Waals surface area contributed by atoms with Crippen molar-refractivity contribution in [3.8, 4) is 22.6 Å². The van der Waals surface area contributed by atoms with Crippen LogP contribution in [0.1, 0.15) is 25.7 Å². The number of nitrogens with zero attached hydrogens (tertiary/aromatic N) is 4. The average molecular weight is 507 g/mol. The van der Waals surface area contributed by atoms with Gasteiger partial charge < -0.3 is 15.0 Å². The van der Waals surface area contributed by atoms with E-state index < -0.39 is 5.82 Å². The van der Waals surface area contributed by atoms with Crippen LogP contribution in [0.3, 0.4) is 0 Å². The molecule has 0 saturated heterocycles. The van der Waals surface area contributed by atoms with Crippen molar-refractivity contribution < 1.29 is 13.9 Å². The second-order valence-electron chi connectivity index (χ2n) is 9.41. The Labute approximate surface area is 211 Å². The molecule has 7 rings (SSSR count). The minimum absolute atomic E-state index is 0.0506. The lowest BCUT2D eigenvalue weighted by Gasteiger charge is -2.47. The largest absolute Gasteiger partial charge is 0.469 e. The number of methoxy groups -OCH3 is 1. The Kier molecular flexibility index (Phi) is 5.79. The van der Waals surface area contributed by atoms with E-state index in [1.807, 2.05) is 18.2 Å². The fraction of sp³-hybridized carbons (Fsp3) is 0.346. The first-order valence-corrected chi connectivity index (χ1v) is 12.4. The van der Waals surface area contributed by atoms with Crippen LogP contribution in [0.4, 0.5) is 10.2 Å². The maximum Gasteiger partial charge on any atom is 0.311 e. The fourth-order valence-electron chi connectivity index (χ4n) is 5.78. The highest BCUT2D eigenvalue weighted by atomic mass is 35.5. The molecule has 0 amide bonds. The molecule has 3 fully saturated rings. The summed E-state index contributed by atoms with van der Waals surface area (Å²) in [7, 11) is 1.40. The van der Waals surface area contributed by atoms with Gasteiger partial charge in [-0.25, -0.2) is 24.3 Å². The zero-order chi connectivity index (χ0) is 24.8. The Morgan fingerprint density at radius 2 is 1.86 bits per heavy atom. The summed E-state index contributed by atoms with van der Waals surface area (Å²) in [5.74, 6) is -0.414. The van der Waals surface area contributed by atoms with E-state index in [1.165, 1.54) is 13.3 Å². The smallest absolute Gasteiger partial charge is 0.311 e. The van der Waals surface area contributed by atoms with Crippen molar-refractivity contribution in [2.45, 2.75) is 31.7 Å². The number of aromatic amines is 1. The number of H-pyrrole nitrogens is 1. The number of anilines is 1. The van der Waals surface area contributed by atoms with Gasteiger partial charge in [-0.2, -0.15) is 0 Å². The zero-order valence-corrected chi connectivity index (χ0v) is 20.3. The van der Waals surface area contributed by atoms with E-state index in [4.69, 9.17) is 16.3 Å². The highest BCUT2D eigenvalue weighted by Gasteiger charge is 2.48. The molecule has 0 spiro atoms. The van der Waals surface area contributed by atoms with Gasteiger partial charge in [0.25, 0.3) is 0 Å². The Bertz CT molecular complexity index is 1440. The third-order valence-corrected chi connectivity index (χ3v) is 7.67. The molecule has 8 nitrogen and oxygen atoms in total. The number of halogens is 2. The molecule has 2 unspecified atom stereocenters. The summed E-state index contributed by atoms with van der Waals surface area (Å²) < 4.78 is 21.1. The number of ether oxygens (including phenoxy) is 1. The van der Waals surface area contributed by atoms with Gasteiger partial charge in [0, 0.05) is 17.8 Å². The first kappa shape index (κ1) is 22.8. The molecule has 2 N–H and O–H groups in total. The lowest BCUT2D eigenvalue weighted by atomic mass is 9.61. The third-order valence-electron chi connectivity index (χ3n) is 7.49. The molecule has 3 aliphatic rings. The van der Waals surface area contributed by atoms with Crippen molar-refractivity contribution in [2.24, 2.45) is 17.8 Å². The van der Waals surface area contributed by atoms with Gasteiger partial charge in [0.1, 0.15) is 16.4 Å². The predicted octanol–water partition coefficient (Wildman–Crippen LogP) is 5.26. The number of carbonyl (C=O) groups excluding carboxylic acids is 1. The van der Waals surface area contributed by atoms with Crippen LogP contribution < -0.4 is 5.32 Å². The summed E-state index contributed by atoms with van der Waals surface area (Å²) in [6.45, 7) is 0. The van der Waals surface area contributed by atoms with Crippen molar-refractivity contribution >= 4 is 34.6 Å². The Morgan fingerprint density at radius 1 is 1.11 bits per heavy atom. The number of esters is 1. The second-order valence-corrected chi connectivity index (χ2v) is 9.80. The molecule has 0 radical (unpaired) electrons. The number of nitrogens with one attached hydrogen (secondary N) is 2. The highest BCUT2D eigenvalue weighted by Crippen LogP contribution is 2.47. The van der Waals surface area contributed by atoms with Crippen LogP contribution in [0.5, 0.6) is 0 Å². The molecule has 36 heavy (non-hydrogen) atoms. The molecule has 1 aromatic carbocycles. The van der Waals surface area contributed by atoms with Gasteiger partial charge in [-0.1, -0.05) is 41.9 Å². The lowest BCUT2D eigenvalue weighted by Crippen LogP contribution is -2.52. The summed E-state index contributed by atoms with van der Waals surface area (Å²) in [6, 6.07) is 8.83. The van der Waals surface area contributed by atoms with E-state index >= 15 is 4.39 Å². The van der Waals surface area contributed by atoms with E-state index in [0.717, 1.165) is 25.7 Å². The summed E-state index contributed by atoms with van der Waals surface area (Å²) in [6.07, 6.45) is 7.05. The number of aromatic nitrogens is 5. The van der Waals surface area contributed by atoms with Crippen LogP contribution >= 0.6 is 11.6 Å². The molecule has 3 saturated carbocycles. The van der Waals surface area contributed by atoms with Gasteiger partial charge in [0.15, 0.2) is 23.1 Å². The van der Waals surface area contributed by atoms with Crippen LogP contribution in [0, 0.1) is 23.6 Å². The first-order chi connectivity index (χ1) is 17.5. The molecule has 4 aromatic rings. The van der Waals surface area contributed by atoms with E-state index in [-0.39, 0.29) is 52.3 Å². The molecular formula is C26H24ClFN6O2. The normalized spacial score (nSPS) is 23.1. The van der Waals surface area contributed by atoms with Crippen molar-refractivity contribution in [3.63, 3.8) is 0 Å². The maximum absolute atomic E-state index is 16.0. The number of hydrogen-bond acceptors (Lipinski definition) is 7. The molecule has 3 aliphatic carbocycles. The van der Waals surface area contributed by atoms with Crippen molar-refractivity contribution in [2.75, 3.05) is 12.4 Å². The zero-order valence-electron chi connectivity index (χ0n) is 19.5. The molecule has 2 bridgehead atoms. The minimum Gasteiger partial charge on any atom is -0.469 e. The number of rotatable bonds is 5. The van der Waals surface area contributed by atoms with Crippen LogP contribution in [0.25, 0.3) is 33.8 Å². The molecule has 2 atom stereocenters. The molecular weight excluding hydrogens is 483 g/mol. The van der Waals surface area contributed by atoms with Crippen LogP contribution in [-0.2, 0) is 9.53 Å². The number of benzene rings is 1. The quantitative estimate of drug-likeness (QED) is 0.355. The maximum atomic E-state index is 16.0. The monoisotopic (exact) mass is 506 g/mol. The second kappa shape index (κ2) is 9.13. The predicted molar refractivity (Wildman–Crippen MR) is 134 cm³/mol. The number of fused-ring (bicyclic) bond motifs is 4. The van der Waals surface area contributed by atoms with E-state index in [1.54, 1.807) is 18.3 Å². The van der Waals surface area contributed by atoms with E-state index in [2.05, 4.69) is 30.2 Å². The van der Waals surface area contributed by atoms with E-state index in [9.17, 15) is 4.79 Å². The van der Waals surface area contributed by atoms with Crippen molar-refractivity contribution in [1.82, 2.24) is 24.9 Å². The van der Waals surface area contributed by atoms with Crippen molar-refractivity contribution in [1.29, 1.82) is 0 Å². The Morgan fingerprint density at radius 3 is 2.61 bits per heavy atom. The average Bonchev–Trinajstić information content (AvgIpc) is 3.33. The van der Waals surface area contributed by atoms with Gasteiger partial charge in [-0.15, -0.1) is 0 Å². The molecule has 3 aromatic heterocycles. The Hall–Kier alpha value is -3.59.